The Morgan fingerprint density at radius 2 is 2.20 bits per heavy atom. The van der Waals surface area contributed by atoms with Crippen LogP contribution in [-0.2, 0) is 14.3 Å². The van der Waals surface area contributed by atoms with E-state index in [1.807, 2.05) is 0 Å². The molecule has 4 heteroatoms. The first-order chi connectivity index (χ1) is 7.03. The summed E-state index contributed by atoms with van der Waals surface area (Å²) in [6.45, 7) is 3.55. The largest absolute Gasteiger partial charge is 0.373 e. The van der Waals surface area contributed by atoms with Gasteiger partial charge in [-0.05, 0) is 33.1 Å². The van der Waals surface area contributed by atoms with Gasteiger partial charge in [0, 0.05) is 7.11 Å². The molecule has 3 unspecified atom stereocenters. The van der Waals surface area contributed by atoms with Gasteiger partial charge in [-0.15, -0.1) is 0 Å². The number of carbonyl (C=O) groups excluding carboxylic acids is 1. The van der Waals surface area contributed by atoms with Gasteiger partial charge in [-0.2, -0.15) is 0 Å². The van der Waals surface area contributed by atoms with Crippen LogP contribution in [0.4, 0.5) is 0 Å². The van der Waals surface area contributed by atoms with Gasteiger partial charge in [0.25, 0.3) is 5.91 Å². The van der Waals surface area contributed by atoms with E-state index in [2.05, 4.69) is 5.32 Å². The predicted octanol–water partition coefficient (Wildman–Crippen LogP) is 0.847. The van der Waals surface area contributed by atoms with Crippen molar-refractivity contribution in [1.82, 2.24) is 5.32 Å². The molecule has 0 radical (unpaired) electrons. The Morgan fingerprint density at radius 3 is 2.67 bits per heavy atom. The molecule has 1 N–H and O–H groups in total. The fourth-order valence-corrected chi connectivity index (χ4v) is 2.22. The number of amides is 1. The molecule has 0 saturated carbocycles. The first kappa shape index (κ1) is 10.9. The average molecular weight is 213 g/mol. The molecule has 2 aliphatic rings. The van der Waals surface area contributed by atoms with Crippen molar-refractivity contribution in [2.24, 2.45) is 0 Å². The highest BCUT2D eigenvalue weighted by Gasteiger charge is 2.42. The Morgan fingerprint density at radius 1 is 1.47 bits per heavy atom. The zero-order valence-corrected chi connectivity index (χ0v) is 9.58. The second-order valence-corrected chi connectivity index (χ2v) is 4.90. The second-order valence-electron chi connectivity index (χ2n) is 4.90. The summed E-state index contributed by atoms with van der Waals surface area (Å²) in [7, 11) is 1.55. The van der Waals surface area contributed by atoms with Crippen LogP contribution in [0.2, 0.25) is 0 Å². The smallest absolute Gasteiger partial charge is 0.251 e. The number of carbonyl (C=O) groups is 1. The van der Waals surface area contributed by atoms with Gasteiger partial charge >= 0.3 is 0 Å². The maximum absolute atomic E-state index is 11.8. The Bertz CT molecular complexity index is 265. The van der Waals surface area contributed by atoms with Crippen molar-refractivity contribution in [2.75, 3.05) is 7.11 Å². The first-order valence-corrected chi connectivity index (χ1v) is 5.54. The number of nitrogens with one attached hydrogen (secondary N) is 1. The van der Waals surface area contributed by atoms with E-state index in [-0.39, 0.29) is 18.1 Å². The van der Waals surface area contributed by atoms with Crippen LogP contribution < -0.4 is 5.32 Å². The van der Waals surface area contributed by atoms with E-state index in [0.717, 1.165) is 19.3 Å². The second kappa shape index (κ2) is 3.76. The molecule has 2 fully saturated rings. The summed E-state index contributed by atoms with van der Waals surface area (Å²) in [6.07, 6.45) is 3.77. The molecule has 15 heavy (non-hydrogen) atoms. The molecule has 3 atom stereocenters. The van der Waals surface area contributed by atoms with Crippen molar-refractivity contribution in [3.05, 3.63) is 0 Å². The van der Waals surface area contributed by atoms with Crippen LogP contribution in [0.15, 0.2) is 0 Å². The predicted molar refractivity (Wildman–Crippen MR) is 55.5 cm³/mol. The molecule has 4 nitrogen and oxygen atoms in total. The van der Waals surface area contributed by atoms with E-state index in [0.29, 0.717) is 6.10 Å². The molecule has 86 valence electrons. The maximum atomic E-state index is 11.8. The lowest BCUT2D eigenvalue weighted by Crippen LogP contribution is -2.50. The van der Waals surface area contributed by atoms with Crippen LogP contribution in [0.5, 0.6) is 0 Å². The quantitative estimate of drug-likeness (QED) is 0.756. The molecular weight excluding hydrogens is 194 g/mol. The number of hydrogen-bond acceptors (Lipinski definition) is 3. The zero-order valence-electron chi connectivity index (χ0n) is 9.58. The highest BCUT2D eigenvalue weighted by molar-refractivity contribution is 5.84. The van der Waals surface area contributed by atoms with E-state index >= 15 is 0 Å². The topological polar surface area (TPSA) is 47.6 Å². The Labute approximate surface area is 90.3 Å². The van der Waals surface area contributed by atoms with Gasteiger partial charge in [-0.1, -0.05) is 0 Å². The minimum absolute atomic E-state index is 0.0499. The lowest BCUT2D eigenvalue weighted by atomic mass is 9.94. The molecule has 0 spiro atoms. The van der Waals surface area contributed by atoms with E-state index < -0.39 is 5.60 Å². The Hall–Kier alpha value is -0.610. The molecule has 2 aliphatic heterocycles. The van der Waals surface area contributed by atoms with Crippen LogP contribution in [0.1, 0.15) is 33.1 Å². The van der Waals surface area contributed by atoms with Crippen LogP contribution in [0.3, 0.4) is 0 Å². The van der Waals surface area contributed by atoms with Crippen molar-refractivity contribution in [2.45, 2.75) is 57.0 Å². The normalized spacial score (nSPS) is 34.5. The van der Waals surface area contributed by atoms with Crippen LogP contribution >= 0.6 is 0 Å². The van der Waals surface area contributed by atoms with E-state index in [1.54, 1.807) is 21.0 Å². The molecular formula is C11H19NO3. The maximum Gasteiger partial charge on any atom is 0.251 e. The lowest BCUT2D eigenvalue weighted by Gasteiger charge is -2.27. The zero-order chi connectivity index (χ0) is 11.1. The third-order valence-electron chi connectivity index (χ3n) is 3.48. The number of hydrogen-bond donors (Lipinski definition) is 1. The number of rotatable bonds is 3. The number of methoxy groups -OCH3 is 1. The molecule has 0 aromatic rings. The summed E-state index contributed by atoms with van der Waals surface area (Å²) in [5, 5.41) is 3.01. The van der Waals surface area contributed by atoms with Crippen LogP contribution in [0.25, 0.3) is 0 Å². The van der Waals surface area contributed by atoms with Gasteiger partial charge in [0.2, 0.25) is 0 Å². The lowest BCUT2D eigenvalue weighted by molar-refractivity contribution is -0.140. The minimum atomic E-state index is -0.748. The monoisotopic (exact) mass is 213 g/mol. The average Bonchev–Trinajstić information content (AvgIpc) is 2.79. The summed E-state index contributed by atoms with van der Waals surface area (Å²) in [5.74, 6) is -0.0499. The first-order valence-electron chi connectivity index (χ1n) is 5.54. The van der Waals surface area contributed by atoms with Crippen molar-refractivity contribution in [3.63, 3.8) is 0 Å². The fraction of sp³-hybridized carbons (Fsp3) is 0.909. The fourth-order valence-electron chi connectivity index (χ4n) is 2.22. The van der Waals surface area contributed by atoms with Crippen molar-refractivity contribution < 1.29 is 14.3 Å². The molecule has 0 aromatic carbocycles. The molecule has 0 aromatic heterocycles. The van der Waals surface area contributed by atoms with E-state index in [4.69, 9.17) is 9.47 Å². The summed E-state index contributed by atoms with van der Waals surface area (Å²) in [5.41, 5.74) is -0.748. The molecule has 2 saturated heterocycles. The number of fused-ring (bicyclic) bond motifs is 2. The molecule has 2 rings (SSSR count). The molecule has 2 bridgehead atoms. The van der Waals surface area contributed by atoms with Gasteiger partial charge in [0.15, 0.2) is 0 Å². The van der Waals surface area contributed by atoms with Crippen LogP contribution in [-0.4, -0.2) is 36.9 Å². The summed E-state index contributed by atoms with van der Waals surface area (Å²) in [6, 6.07) is 0.186. The highest BCUT2D eigenvalue weighted by Crippen LogP contribution is 2.34. The number of ether oxygens (including phenoxy) is 2. The van der Waals surface area contributed by atoms with Crippen LogP contribution in [0, 0.1) is 0 Å². The molecule has 2 heterocycles. The van der Waals surface area contributed by atoms with Crippen molar-refractivity contribution in [1.29, 1.82) is 0 Å². The Balaban J connectivity index is 1.90. The standard InChI is InChI=1S/C11H19NO3/c1-11(2,14-3)10(13)12-8-6-7-4-5-9(8)15-7/h7-9H,4-6H2,1-3H3,(H,12,13). The third-order valence-corrected chi connectivity index (χ3v) is 3.48. The van der Waals surface area contributed by atoms with Gasteiger partial charge in [-0.25, -0.2) is 0 Å². The van der Waals surface area contributed by atoms with Gasteiger partial charge in [-0.3, -0.25) is 4.79 Å². The summed E-state index contributed by atoms with van der Waals surface area (Å²) < 4.78 is 10.8. The SMILES string of the molecule is COC(C)(C)C(=O)NC1CC2CCC1O2. The summed E-state index contributed by atoms with van der Waals surface area (Å²) >= 11 is 0. The van der Waals surface area contributed by atoms with Crippen molar-refractivity contribution >= 4 is 5.91 Å². The molecule has 0 aliphatic carbocycles. The van der Waals surface area contributed by atoms with Gasteiger partial charge in [0.05, 0.1) is 18.2 Å². The van der Waals surface area contributed by atoms with E-state index in [9.17, 15) is 4.79 Å². The van der Waals surface area contributed by atoms with Gasteiger partial charge < -0.3 is 14.8 Å². The van der Waals surface area contributed by atoms with Crippen molar-refractivity contribution in [3.8, 4) is 0 Å². The Kier molecular flexibility index (Phi) is 2.73. The third kappa shape index (κ3) is 2.01. The molecule has 1 amide bonds. The minimum Gasteiger partial charge on any atom is -0.373 e. The van der Waals surface area contributed by atoms with Gasteiger partial charge in [0.1, 0.15) is 5.60 Å². The summed E-state index contributed by atoms with van der Waals surface area (Å²) in [4.78, 5) is 11.8. The van der Waals surface area contributed by atoms with E-state index in [1.165, 1.54) is 0 Å². The highest BCUT2D eigenvalue weighted by atomic mass is 16.5.